The number of ether oxygens (including phenoxy) is 3. The Labute approximate surface area is 173 Å². The zero-order valence-electron chi connectivity index (χ0n) is 16.2. The van der Waals surface area contributed by atoms with Crippen LogP contribution in [0.3, 0.4) is 0 Å². The van der Waals surface area contributed by atoms with Gasteiger partial charge in [0.25, 0.3) is 5.91 Å². The van der Waals surface area contributed by atoms with Gasteiger partial charge >= 0.3 is 0 Å². The van der Waals surface area contributed by atoms with E-state index in [1.165, 1.54) is 7.11 Å². The van der Waals surface area contributed by atoms with Crippen molar-refractivity contribution in [1.29, 1.82) is 0 Å². The molecule has 3 rings (SSSR count). The van der Waals surface area contributed by atoms with Crippen LogP contribution in [0.4, 0.5) is 0 Å². The zero-order chi connectivity index (χ0) is 20.8. The fourth-order valence-electron chi connectivity index (χ4n) is 2.78. The third kappa shape index (κ3) is 4.57. The van der Waals surface area contributed by atoms with E-state index in [0.29, 0.717) is 28.0 Å². The van der Waals surface area contributed by atoms with Crippen molar-refractivity contribution in [3.05, 3.63) is 65.1 Å². The number of hydrogen-bond donors (Lipinski definition) is 1. The first-order valence-corrected chi connectivity index (χ1v) is 9.09. The van der Waals surface area contributed by atoms with E-state index in [-0.39, 0.29) is 18.1 Å². The molecule has 0 spiro atoms. The van der Waals surface area contributed by atoms with Gasteiger partial charge < -0.3 is 19.5 Å². The summed E-state index contributed by atoms with van der Waals surface area (Å²) in [6, 6.07) is 10.5. The molecular formula is C21H20ClN3O4. The number of carbonyl (C=O) groups is 1. The quantitative estimate of drug-likeness (QED) is 0.635. The smallest absolute Gasteiger partial charge is 0.270 e. The monoisotopic (exact) mass is 413 g/mol. The highest BCUT2D eigenvalue weighted by atomic mass is 35.5. The Morgan fingerprint density at radius 1 is 1.03 bits per heavy atom. The van der Waals surface area contributed by atoms with Gasteiger partial charge in [0.2, 0.25) is 5.75 Å². The number of rotatable bonds is 7. The molecule has 8 heteroatoms. The summed E-state index contributed by atoms with van der Waals surface area (Å²) in [6.07, 6.45) is 3.22. The molecule has 1 aromatic carbocycles. The molecule has 7 nitrogen and oxygen atoms in total. The molecule has 1 N–H and O–H groups in total. The summed E-state index contributed by atoms with van der Waals surface area (Å²) in [6.45, 7) is 0.269. The number of carbonyl (C=O) groups excluding carboxylic acids is 1. The molecule has 0 saturated heterocycles. The van der Waals surface area contributed by atoms with Crippen LogP contribution in [-0.4, -0.2) is 37.2 Å². The highest BCUT2D eigenvalue weighted by molar-refractivity contribution is 6.33. The molecule has 2 heterocycles. The average Bonchev–Trinajstić information content (AvgIpc) is 2.77. The van der Waals surface area contributed by atoms with E-state index in [9.17, 15) is 4.79 Å². The van der Waals surface area contributed by atoms with E-state index < -0.39 is 0 Å². The van der Waals surface area contributed by atoms with Crippen LogP contribution in [0.15, 0.2) is 48.8 Å². The van der Waals surface area contributed by atoms with E-state index in [2.05, 4.69) is 15.3 Å². The van der Waals surface area contributed by atoms with Crippen LogP contribution in [-0.2, 0) is 6.54 Å². The highest BCUT2D eigenvalue weighted by Crippen LogP contribution is 2.38. The topological polar surface area (TPSA) is 82.6 Å². The molecule has 1 amide bonds. The van der Waals surface area contributed by atoms with Crippen molar-refractivity contribution < 1.29 is 19.0 Å². The van der Waals surface area contributed by atoms with Crippen LogP contribution >= 0.6 is 11.6 Å². The first-order valence-electron chi connectivity index (χ1n) is 8.71. The molecule has 0 radical (unpaired) electrons. The molecule has 0 atom stereocenters. The number of hydrogen-bond acceptors (Lipinski definition) is 6. The number of pyridine rings is 2. The number of aromatic nitrogens is 2. The van der Waals surface area contributed by atoms with Gasteiger partial charge in [-0.15, -0.1) is 0 Å². The standard InChI is InChI=1S/C21H20ClN3O4/c1-27-17-9-13(10-18(28-2)20(17)29-3)11-25-21(26)16-7-6-14(12-24-16)19-15(22)5-4-8-23-19/h4-10,12H,11H2,1-3H3,(H,25,26). The van der Waals surface area contributed by atoms with Crippen molar-refractivity contribution in [2.24, 2.45) is 0 Å². The largest absolute Gasteiger partial charge is 0.493 e. The van der Waals surface area contributed by atoms with Crippen LogP contribution in [0.5, 0.6) is 17.2 Å². The van der Waals surface area contributed by atoms with Crippen molar-refractivity contribution >= 4 is 17.5 Å². The Kier molecular flexibility index (Phi) is 6.51. The minimum atomic E-state index is -0.308. The van der Waals surface area contributed by atoms with Gasteiger partial charge in [-0.1, -0.05) is 11.6 Å². The molecule has 0 unspecified atom stereocenters. The van der Waals surface area contributed by atoms with Crippen molar-refractivity contribution in [1.82, 2.24) is 15.3 Å². The maximum Gasteiger partial charge on any atom is 0.270 e. The average molecular weight is 414 g/mol. The van der Waals surface area contributed by atoms with Crippen LogP contribution < -0.4 is 19.5 Å². The van der Waals surface area contributed by atoms with Gasteiger partial charge in [0.15, 0.2) is 11.5 Å². The Bertz CT molecular complexity index is 984. The van der Waals surface area contributed by atoms with Gasteiger partial charge in [-0.25, -0.2) is 0 Å². The highest BCUT2D eigenvalue weighted by Gasteiger charge is 2.14. The summed E-state index contributed by atoms with van der Waals surface area (Å²) in [4.78, 5) is 20.9. The SMILES string of the molecule is COc1cc(CNC(=O)c2ccc(-c3ncccc3Cl)cn2)cc(OC)c1OC. The van der Waals surface area contributed by atoms with E-state index in [0.717, 1.165) is 11.1 Å². The van der Waals surface area contributed by atoms with Crippen LogP contribution in [0.2, 0.25) is 5.02 Å². The Balaban J connectivity index is 1.72. The first kappa shape index (κ1) is 20.4. The molecule has 0 aliphatic carbocycles. The van der Waals surface area contributed by atoms with Crippen LogP contribution in [0, 0.1) is 0 Å². The van der Waals surface area contributed by atoms with Crippen LogP contribution in [0.1, 0.15) is 16.1 Å². The number of amides is 1. The lowest BCUT2D eigenvalue weighted by atomic mass is 10.1. The number of nitrogens with zero attached hydrogens (tertiary/aromatic N) is 2. The summed E-state index contributed by atoms with van der Waals surface area (Å²) < 4.78 is 16.0. The normalized spacial score (nSPS) is 10.3. The minimum Gasteiger partial charge on any atom is -0.493 e. The van der Waals surface area contributed by atoms with Crippen LogP contribution in [0.25, 0.3) is 11.3 Å². The summed E-state index contributed by atoms with van der Waals surface area (Å²) >= 11 is 6.15. The molecular weight excluding hydrogens is 394 g/mol. The molecule has 0 fully saturated rings. The summed E-state index contributed by atoms with van der Waals surface area (Å²) in [5, 5.41) is 3.35. The number of methoxy groups -OCH3 is 3. The third-order valence-electron chi connectivity index (χ3n) is 4.21. The summed E-state index contributed by atoms with van der Waals surface area (Å²) in [5.74, 6) is 1.23. The Morgan fingerprint density at radius 3 is 2.31 bits per heavy atom. The lowest BCUT2D eigenvalue weighted by Gasteiger charge is -2.14. The zero-order valence-corrected chi connectivity index (χ0v) is 17.0. The third-order valence-corrected chi connectivity index (χ3v) is 4.51. The summed E-state index contributed by atoms with van der Waals surface area (Å²) in [5.41, 5.74) is 2.43. The lowest BCUT2D eigenvalue weighted by molar-refractivity contribution is 0.0946. The van der Waals surface area contributed by atoms with Gasteiger partial charge in [-0.05, 0) is 42.0 Å². The van der Waals surface area contributed by atoms with Gasteiger partial charge in [0.1, 0.15) is 5.69 Å². The van der Waals surface area contributed by atoms with Crippen molar-refractivity contribution in [2.75, 3.05) is 21.3 Å². The predicted octanol–water partition coefficient (Wildman–Crippen LogP) is 3.75. The number of nitrogens with one attached hydrogen (secondary N) is 1. The fraction of sp³-hybridized carbons (Fsp3) is 0.190. The second-order valence-corrected chi connectivity index (χ2v) is 6.39. The van der Waals surface area contributed by atoms with Gasteiger partial charge in [-0.3, -0.25) is 14.8 Å². The van der Waals surface area contributed by atoms with Gasteiger partial charge in [-0.2, -0.15) is 0 Å². The van der Waals surface area contributed by atoms with E-state index in [1.807, 2.05) is 0 Å². The van der Waals surface area contributed by atoms with Gasteiger partial charge in [0.05, 0.1) is 32.0 Å². The Morgan fingerprint density at radius 2 is 1.76 bits per heavy atom. The number of benzene rings is 1. The molecule has 150 valence electrons. The maximum absolute atomic E-state index is 12.5. The van der Waals surface area contributed by atoms with E-state index in [4.69, 9.17) is 25.8 Å². The van der Waals surface area contributed by atoms with Crippen molar-refractivity contribution in [3.8, 4) is 28.5 Å². The predicted molar refractivity (Wildman–Crippen MR) is 110 cm³/mol. The lowest BCUT2D eigenvalue weighted by Crippen LogP contribution is -2.23. The van der Waals surface area contributed by atoms with Gasteiger partial charge in [0, 0.05) is 24.5 Å². The Hall–Kier alpha value is -3.32. The summed E-state index contributed by atoms with van der Waals surface area (Å²) in [7, 11) is 4.62. The molecule has 0 aliphatic heterocycles. The molecule has 2 aromatic heterocycles. The van der Waals surface area contributed by atoms with E-state index >= 15 is 0 Å². The molecule has 0 aliphatic rings. The van der Waals surface area contributed by atoms with Crippen molar-refractivity contribution in [2.45, 2.75) is 6.54 Å². The molecule has 29 heavy (non-hydrogen) atoms. The second-order valence-electron chi connectivity index (χ2n) is 5.98. The molecule has 0 saturated carbocycles. The van der Waals surface area contributed by atoms with Crippen molar-refractivity contribution in [3.63, 3.8) is 0 Å². The second kappa shape index (κ2) is 9.25. The maximum atomic E-state index is 12.5. The minimum absolute atomic E-state index is 0.269. The van der Waals surface area contributed by atoms with E-state index in [1.54, 1.807) is 63.0 Å². The first-order chi connectivity index (χ1) is 14.1. The number of halogens is 1. The molecule has 0 bridgehead atoms. The fourth-order valence-corrected chi connectivity index (χ4v) is 3.01. The molecule has 3 aromatic rings.